The van der Waals surface area contributed by atoms with Crippen LogP contribution < -0.4 is 9.47 Å². The van der Waals surface area contributed by atoms with E-state index in [2.05, 4.69) is 0 Å². The van der Waals surface area contributed by atoms with Gasteiger partial charge in [-0.25, -0.2) is 4.39 Å². The van der Waals surface area contributed by atoms with E-state index in [0.717, 1.165) is 39.6 Å². The fraction of sp³-hybridized carbons (Fsp3) is 0.160. The molecule has 0 radical (unpaired) electrons. The van der Waals surface area contributed by atoms with Crippen molar-refractivity contribution in [3.63, 3.8) is 0 Å². The summed E-state index contributed by atoms with van der Waals surface area (Å²) in [6, 6.07) is 22.4. The molecule has 4 rings (SSSR count). The number of nitrogens with zero attached hydrogens (tertiary/aromatic N) is 2. The Hall–Kier alpha value is -3.60. The highest BCUT2D eigenvalue weighted by Crippen LogP contribution is 2.34. The molecule has 30 heavy (non-hydrogen) atoms. The molecule has 5 heteroatoms. The summed E-state index contributed by atoms with van der Waals surface area (Å²) in [4.78, 5) is 0. The highest BCUT2D eigenvalue weighted by atomic mass is 19.1. The van der Waals surface area contributed by atoms with Gasteiger partial charge in [0.25, 0.3) is 0 Å². The molecular weight excluding hydrogens is 379 g/mol. The van der Waals surface area contributed by atoms with Gasteiger partial charge in [0.05, 0.1) is 32.2 Å². The maximum absolute atomic E-state index is 14.4. The zero-order valence-electron chi connectivity index (χ0n) is 17.2. The Balaban J connectivity index is 1.89. The summed E-state index contributed by atoms with van der Waals surface area (Å²) in [6.07, 6.45) is 0. The van der Waals surface area contributed by atoms with E-state index in [0.29, 0.717) is 12.1 Å². The number of aromatic nitrogens is 2. The van der Waals surface area contributed by atoms with Crippen LogP contribution in [0.5, 0.6) is 11.5 Å². The second-order valence-electron chi connectivity index (χ2n) is 7.04. The fourth-order valence-electron chi connectivity index (χ4n) is 3.63. The van der Waals surface area contributed by atoms with Crippen LogP contribution in [0.4, 0.5) is 4.39 Å². The van der Waals surface area contributed by atoms with Crippen LogP contribution in [0.1, 0.15) is 11.1 Å². The normalized spacial score (nSPS) is 10.8. The summed E-state index contributed by atoms with van der Waals surface area (Å²) in [7, 11) is 3.29. The van der Waals surface area contributed by atoms with Crippen LogP contribution in [-0.2, 0) is 6.54 Å². The van der Waals surface area contributed by atoms with Crippen LogP contribution in [-0.4, -0.2) is 24.0 Å². The molecule has 0 amide bonds. The molecule has 0 unspecified atom stereocenters. The second kappa shape index (κ2) is 8.41. The number of rotatable bonds is 6. The predicted octanol–water partition coefficient (Wildman–Crippen LogP) is 5.73. The molecule has 0 spiro atoms. The molecule has 4 nitrogen and oxygen atoms in total. The topological polar surface area (TPSA) is 36.3 Å². The van der Waals surface area contributed by atoms with E-state index in [4.69, 9.17) is 14.6 Å². The molecule has 0 aliphatic carbocycles. The van der Waals surface area contributed by atoms with Crippen molar-refractivity contribution in [3.05, 3.63) is 89.7 Å². The van der Waals surface area contributed by atoms with Gasteiger partial charge in [-0.2, -0.15) is 5.10 Å². The minimum Gasteiger partial charge on any atom is -0.497 e. The molecule has 1 heterocycles. The lowest BCUT2D eigenvalue weighted by molar-refractivity contribution is 0.415. The first kappa shape index (κ1) is 19.7. The first-order valence-electron chi connectivity index (χ1n) is 9.70. The standard InChI is InChI=1S/C25H23FN2O2/c1-17-24(18-9-6-11-21(14-18)29-2)27-28(16-20-8-4-5-13-23(20)26)25(17)19-10-7-12-22(15-19)30-3/h4-15H,16H2,1-3H3. The largest absolute Gasteiger partial charge is 0.497 e. The number of halogens is 1. The summed E-state index contributed by atoms with van der Waals surface area (Å²) in [5, 5.41) is 4.88. The van der Waals surface area contributed by atoms with Crippen LogP contribution in [0.15, 0.2) is 72.8 Å². The van der Waals surface area contributed by atoms with Crippen molar-refractivity contribution in [1.29, 1.82) is 0 Å². The van der Waals surface area contributed by atoms with E-state index in [-0.39, 0.29) is 5.82 Å². The monoisotopic (exact) mass is 402 g/mol. The van der Waals surface area contributed by atoms with Crippen molar-refractivity contribution >= 4 is 0 Å². The first-order chi connectivity index (χ1) is 14.6. The van der Waals surface area contributed by atoms with Crippen molar-refractivity contribution in [2.24, 2.45) is 0 Å². The number of methoxy groups -OCH3 is 2. The van der Waals surface area contributed by atoms with E-state index >= 15 is 0 Å². The van der Waals surface area contributed by atoms with Crippen molar-refractivity contribution in [2.45, 2.75) is 13.5 Å². The third kappa shape index (κ3) is 3.79. The number of ether oxygens (including phenoxy) is 2. The number of hydrogen-bond acceptors (Lipinski definition) is 3. The van der Waals surface area contributed by atoms with Gasteiger partial charge in [0.15, 0.2) is 0 Å². The zero-order chi connectivity index (χ0) is 21.1. The van der Waals surface area contributed by atoms with Crippen LogP contribution in [0.3, 0.4) is 0 Å². The Morgan fingerprint density at radius 1 is 0.833 bits per heavy atom. The summed E-state index contributed by atoms with van der Waals surface area (Å²) < 4.78 is 27.0. The molecule has 1 aromatic heterocycles. The van der Waals surface area contributed by atoms with Gasteiger partial charge in [-0.05, 0) is 37.3 Å². The van der Waals surface area contributed by atoms with Gasteiger partial charge in [-0.1, -0.05) is 42.5 Å². The lowest BCUT2D eigenvalue weighted by Gasteiger charge is -2.11. The second-order valence-corrected chi connectivity index (χ2v) is 7.04. The average molecular weight is 402 g/mol. The van der Waals surface area contributed by atoms with Crippen molar-refractivity contribution in [2.75, 3.05) is 14.2 Å². The van der Waals surface area contributed by atoms with E-state index in [1.54, 1.807) is 26.4 Å². The number of benzene rings is 3. The van der Waals surface area contributed by atoms with Crippen LogP contribution in [0.2, 0.25) is 0 Å². The number of hydrogen-bond donors (Lipinski definition) is 0. The molecule has 0 N–H and O–H groups in total. The Bertz CT molecular complexity index is 1180. The van der Waals surface area contributed by atoms with Crippen molar-refractivity contribution in [3.8, 4) is 34.0 Å². The highest BCUT2D eigenvalue weighted by molar-refractivity contribution is 5.75. The fourth-order valence-corrected chi connectivity index (χ4v) is 3.63. The molecular formula is C25H23FN2O2. The quantitative estimate of drug-likeness (QED) is 0.413. The Morgan fingerprint density at radius 2 is 1.47 bits per heavy atom. The maximum atomic E-state index is 14.4. The van der Waals surface area contributed by atoms with E-state index < -0.39 is 0 Å². The predicted molar refractivity (Wildman–Crippen MR) is 116 cm³/mol. The van der Waals surface area contributed by atoms with Gasteiger partial charge >= 0.3 is 0 Å². The minimum absolute atomic E-state index is 0.245. The highest BCUT2D eigenvalue weighted by Gasteiger charge is 2.19. The smallest absolute Gasteiger partial charge is 0.128 e. The lowest BCUT2D eigenvalue weighted by atomic mass is 10.0. The van der Waals surface area contributed by atoms with Crippen molar-refractivity contribution in [1.82, 2.24) is 9.78 Å². The molecule has 0 aliphatic rings. The molecule has 4 aromatic rings. The van der Waals surface area contributed by atoms with Crippen LogP contribution in [0, 0.1) is 12.7 Å². The van der Waals surface area contributed by atoms with E-state index in [1.165, 1.54) is 6.07 Å². The van der Waals surface area contributed by atoms with Gasteiger partial charge in [-0.15, -0.1) is 0 Å². The molecule has 0 aliphatic heterocycles. The maximum Gasteiger partial charge on any atom is 0.128 e. The van der Waals surface area contributed by atoms with E-state index in [1.807, 2.05) is 66.2 Å². The van der Waals surface area contributed by atoms with Gasteiger partial charge in [0, 0.05) is 22.3 Å². The summed E-state index contributed by atoms with van der Waals surface area (Å²) in [5.41, 5.74) is 5.26. The molecule has 0 bridgehead atoms. The zero-order valence-corrected chi connectivity index (χ0v) is 17.2. The Labute approximate surface area is 175 Å². The average Bonchev–Trinajstić information content (AvgIpc) is 3.11. The van der Waals surface area contributed by atoms with E-state index in [9.17, 15) is 4.39 Å². The summed E-state index contributed by atoms with van der Waals surface area (Å²) in [5.74, 6) is 1.28. The van der Waals surface area contributed by atoms with Gasteiger partial charge in [0.2, 0.25) is 0 Å². The minimum atomic E-state index is -0.245. The Morgan fingerprint density at radius 3 is 2.13 bits per heavy atom. The van der Waals surface area contributed by atoms with Crippen LogP contribution >= 0.6 is 0 Å². The van der Waals surface area contributed by atoms with Crippen molar-refractivity contribution < 1.29 is 13.9 Å². The summed E-state index contributed by atoms with van der Waals surface area (Å²) >= 11 is 0. The van der Waals surface area contributed by atoms with Gasteiger partial charge in [-0.3, -0.25) is 4.68 Å². The Kier molecular flexibility index (Phi) is 5.53. The third-order valence-corrected chi connectivity index (χ3v) is 5.15. The lowest BCUT2D eigenvalue weighted by Crippen LogP contribution is -2.06. The molecule has 3 aromatic carbocycles. The van der Waals surface area contributed by atoms with Crippen LogP contribution in [0.25, 0.3) is 22.5 Å². The van der Waals surface area contributed by atoms with Gasteiger partial charge in [0.1, 0.15) is 17.3 Å². The summed E-state index contributed by atoms with van der Waals surface area (Å²) in [6.45, 7) is 2.36. The van der Waals surface area contributed by atoms with Gasteiger partial charge < -0.3 is 9.47 Å². The third-order valence-electron chi connectivity index (χ3n) is 5.15. The molecule has 0 saturated carbocycles. The molecule has 0 saturated heterocycles. The molecule has 0 atom stereocenters. The SMILES string of the molecule is COc1cccc(-c2nn(Cc3ccccc3F)c(-c3cccc(OC)c3)c2C)c1. The molecule has 152 valence electrons. The molecule has 0 fully saturated rings. The first-order valence-corrected chi connectivity index (χ1v) is 9.70.